The number of amides is 1. The van der Waals surface area contributed by atoms with Crippen molar-refractivity contribution in [3.05, 3.63) is 51.5 Å². The Labute approximate surface area is 177 Å². The normalized spacial score (nSPS) is 15.2. The molecule has 0 saturated carbocycles. The number of benzene rings is 1. The zero-order valence-corrected chi connectivity index (χ0v) is 17.4. The fraction of sp³-hybridized carbons (Fsp3) is 0.450. The summed E-state index contributed by atoms with van der Waals surface area (Å²) in [5, 5.41) is 7.38. The van der Waals surface area contributed by atoms with E-state index >= 15 is 0 Å². The van der Waals surface area contributed by atoms with Crippen LogP contribution in [0.3, 0.4) is 0 Å². The smallest absolute Gasteiger partial charge is 0.352 e. The second-order valence-corrected chi connectivity index (χ2v) is 7.90. The van der Waals surface area contributed by atoms with E-state index in [0.717, 1.165) is 48.2 Å². The van der Waals surface area contributed by atoms with Gasteiger partial charge < -0.3 is 15.5 Å². The van der Waals surface area contributed by atoms with Gasteiger partial charge in [0.15, 0.2) is 11.7 Å². The molecule has 1 amide bonds. The van der Waals surface area contributed by atoms with Crippen LogP contribution in [0.25, 0.3) is 0 Å². The van der Waals surface area contributed by atoms with E-state index in [2.05, 4.69) is 20.6 Å². The van der Waals surface area contributed by atoms with Crippen LogP contribution in [0.4, 0.5) is 13.2 Å². The summed E-state index contributed by atoms with van der Waals surface area (Å²) in [5.74, 6) is 0.514. The summed E-state index contributed by atoms with van der Waals surface area (Å²) in [5.41, 5.74) is 0.751. The highest BCUT2D eigenvalue weighted by Crippen LogP contribution is 2.29. The van der Waals surface area contributed by atoms with E-state index in [4.69, 9.17) is 0 Å². The number of carbonyl (C=O) groups excluding carboxylic acids is 1. The molecule has 0 radical (unpaired) electrons. The van der Waals surface area contributed by atoms with Crippen LogP contribution in [-0.2, 0) is 19.3 Å². The second kappa shape index (κ2) is 9.92. The van der Waals surface area contributed by atoms with Crippen LogP contribution in [0.1, 0.15) is 45.9 Å². The quantitative estimate of drug-likeness (QED) is 0.551. The Kier molecular flexibility index (Phi) is 7.30. The van der Waals surface area contributed by atoms with Gasteiger partial charge in [-0.3, -0.25) is 9.79 Å². The van der Waals surface area contributed by atoms with Gasteiger partial charge in [-0.1, -0.05) is 12.1 Å². The number of thiazole rings is 1. The van der Waals surface area contributed by atoms with Crippen molar-refractivity contribution in [3.8, 4) is 0 Å². The number of aromatic nitrogens is 1. The molecule has 0 unspecified atom stereocenters. The molecular weight excluding hydrogens is 415 g/mol. The minimum atomic E-state index is -4.43. The molecular formula is C20H24F3N5OS. The maximum Gasteiger partial charge on any atom is 0.434 e. The van der Waals surface area contributed by atoms with Crippen LogP contribution < -0.4 is 10.6 Å². The molecule has 6 nitrogen and oxygen atoms in total. The molecule has 0 aliphatic carbocycles. The van der Waals surface area contributed by atoms with Gasteiger partial charge in [0.1, 0.15) is 5.01 Å². The lowest BCUT2D eigenvalue weighted by molar-refractivity contribution is -0.140. The Morgan fingerprint density at radius 2 is 1.80 bits per heavy atom. The van der Waals surface area contributed by atoms with Crippen molar-refractivity contribution in [1.82, 2.24) is 20.5 Å². The molecule has 1 saturated heterocycles. The van der Waals surface area contributed by atoms with Crippen LogP contribution in [0.15, 0.2) is 34.6 Å². The number of rotatable bonds is 5. The summed E-state index contributed by atoms with van der Waals surface area (Å²) in [4.78, 5) is 22.1. The van der Waals surface area contributed by atoms with E-state index in [0.29, 0.717) is 23.1 Å². The van der Waals surface area contributed by atoms with Crippen LogP contribution in [0, 0.1) is 0 Å². The first-order valence-electron chi connectivity index (χ1n) is 9.71. The molecule has 1 aromatic carbocycles. The number of likely N-dealkylation sites (tertiary alicyclic amines) is 1. The van der Waals surface area contributed by atoms with Crippen LogP contribution in [0.2, 0.25) is 0 Å². The highest BCUT2D eigenvalue weighted by molar-refractivity contribution is 7.09. The van der Waals surface area contributed by atoms with Crippen LogP contribution in [0.5, 0.6) is 0 Å². The highest BCUT2D eigenvalue weighted by Gasteiger charge is 2.33. The van der Waals surface area contributed by atoms with E-state index in [-0.39, 0.29) is 12.5 Å². The summed E-state index contributed by atoms with van der Waals surface area (Å²) < 4.78 is 37.9. The molecule has 10 heteroatoms. The van der Waals surface area contributed by atoms with Crippen LogP contribution in [-0.4, -0.2) is 41.9 Å². The predicted octanol–water partition coefficient (Wildman–Crippen LogP) is 3.65. The molecule has 162 valence electrons. The monoisotopic (exact) mass is 439 g/mol. The van der Waals surface area contributed by atoms with Gasteiger partial charge >= 0.3 is 6.18 Å². The Hall–Kier alpha value is -2.62. The van der Waals surface area contributed by atoms with Crippen molar-refractivity contribution in [2.45, 2.75) is 38.5 Å². The zero-order chi connectivity index (χ0) is 21.6. The summed E-state index contributed by atoms with van der Waals surface area (Å²) in [7, 11) is 1.58. The first-order valence-corrected chi connectivity index (χ1v) is 10.6. The second-order valence-electron chi connectivity index (χ2n) is 6.95. The molecule has 2 aromatic rings. The lowest BCUT2D eigenvalue weighted by Gasteiger charge is -2.26. The number of piperidine rings is 1. The number of hydrogen-bond acceptors (Lipinski definition) is 4. The first-order chi connectivity index (χ1) is 14.4. The molecule has 30 heavy (non-hydrogen) atoms. The Morgan fingerprint density at radius 3 is 2.40 bits per heavy atom. The molecule has 1 aliphatic rings. The molecule has 3 rings (SSSR count). The first kappa shape index (κ1) is 22.1. The fourth-order valence-corrected chi connectivity index (χ4v) is 3.87. The van der Waals surface area contributed by atoms with Gasteiger partial charge in [0, 0.05) is 37.6 Å². The predicted molar refractivity (Wildman–Crippen MR) is 110 cm³/mol. The van der Waals surface area contributed by atoms with E-state index in [9.17, 15) is 18.0 Å². The van der Waals surface area contributed by atoms with E-state index in [1.54, 1.807) is 7.05 Å². The largest absolute Gasteiger partial charge is 0.434 e. The average molecular weight is 440 g/mol. The molecule has 2 heterocycles. The summed E-state index contributed by atoms with van der Waals surface area (Å²) in [6.45, 7) is 2.23. The third-order valence-corrected chi connectivity index (χ3v) is 5.63. The van der Waals surface area contributed by atoms with Crippen LogP contribution >= 0.6 is 11.3 Å². The van der Waals surface area contributed by atoms with Gasteiger partial charge in [-0.25, -0.2) is 4.98 Å². The number of halogens is 3. The Bertz CT molecular complexity index is 873. The molecule has 0 spiro atoms. The lowest BCUT2D eigenvalue weighted by atomic mass is 10.1. The number of guanidine groups is 1. The molecule has 2 N–H and O–H groups in total. The van der Waals surface area contributed by atoms with Gasteiger partial charge in [0.05, 0.1) is 6.54 Å². The average Bonchev–Trinajstić information content (AvgIpc) is 3.24. The van der Waals surface area contributed by atoms with Crippen molar-refractivity contribution in [3.63, 3.8) is 0 Å². The maximum absolute atomic E-state index is 12.6. The van der Waals surface area contributed by atoms with Crippen molar-refractivity contribution in [2.24, 2.45) is 4.99 Å². The summed E-state index contributed by atoms with van der Waals surface area (Å²) in [6, 6.07) is 7.40. The van der Waals surface area contributed by atoms with E-state index in [1.807, 2.05) is 29.2 Å². The molecule has 1 aromatic heterocycles. The number of aliphatic imine (C=N–C) groups is 1. The molecule has 1 fully saturated rings. The Morgan fingerprint density at radius 1 is 1.13 bits per heavy atom. The number of carbonyl (C=O) groups is 1. The standard InChI is InChI=1S/C20H24F3N5OS/c1-24-19(26-12-17-27-16(13-30-17)20(21,22)23)25-11-14-5-7-15(8-6-14)18(29)28-9-3-2-4-10-28/h5-8,13H,2-4,9-12H2,1H3,(H2,24,25,26). The van der Waals surface area contributed by atoms with Gasteiger partial charge in [-0.2, -0.15) is 13.2 Å². The highest BCUT2D eigenvalue weighted by atomic mass is 32.1. The van der Waals surface area contributed by atoms with E-state index < -0.39 is 11.9 Å². The van der Waals surface area contributed by atoms with Gasteiger partial charge in [-0.05, 0) is 37.0 Å². The van der Waals surface area contributed by atoms with Crippen molar-refractivity contribution < 1.29 is 18.0 Å². The van der Waals surface area contributed by atoms with Crippen molar-refractivity contribution in [2.75, 3.05) is 20.1 Å². The SMILES string of the molecule is CN=C(NCc1ccc(C(=O)N2CCCCC2)cc1)NCc1nc(C(F)(F)F)cs1. The fourth-order valence-electron chi connectivity index (χ4n) is 3.13. The van der Waals surface area contributed by atoms with Crippen molar-refractivity contribution in [1.29, 1.82) is 0 Å². The van der Waals surface area contributed by atoms with Gasteiger partial charge in [0.2, 0.25) is 0 Å². The Balaban J connectivity index is 1.48. The lowest BCUT2D eigenvalue weighted by Crippen LogP contribution is -2.36. The molecule has 0 atom stereocenters. The zero-order valence-electron chi connectivity index (χ0n) is 16.6. The third-order valence-electron chi connectivity index (χ3n) is 4.78. The molecule has 0 bridgehead atoms. The minimum Gasteiger partial charge on any atom is -0.352 e. The third kappa shape index (κ3) is 5.94. The molecule has 1 aliphatic heterocycles. The van der Waals surface area contributed by atoms with Gasteiger partial charge in [-0.15, -0.1) is 11.3 Å². The maximum atomic E-state index is 12.6. The minimum absolute atomic E-state index is 0.0633. The summed E-state index contributed by atoms with van der Waals surface area (Å²) >= 11 is 0.947. The number of nitrogens with one attached hydrogen (secondary N) is 2. The number of nitrogens with zero attached hydrogens (tertiary/aromatic N) is 3. The number of hydrogen-bond donors (Lipinski definition) is 2. The topological polar surface area (TPSA) is 69.6 Å². The van der Waals surface area contributed by atoms with Crippen molar-refractivity contribution >= 4 is 23.2 Å². The summed E-state index contributed by atoms with van der Waals surface area (Å²) in [6.07, 6.45) is -1.15. The van der Waals surface area contributed by atoms with Gasteiger partial charge in [0.25, 0.3) is 5.91 Å². The van der Waals surface area contributed by atoms with E-state index in [1.165, 1.54) is 6.42 Å². The number of alkyl halides is 3.